The Bertz CT molecular complexity index is 592. The summed E-state index contributed by atoms with van der Waals surface area (Å²) in [6, 6.07) is 6.63. The molecule has 1 saturated heterocycles. The molecular formula is C15H21NO3S. The van der Waals surface area contributed by atoms with Gasteiger partial charge >= 0.3 is 0 Å². The number of ketones is 1. The van der Waals surface area contributed by atoms with Crippen LogP contribution in [0, 0.1) is 6.92 Å². The summed E-state index contributed by atoms with van der Waals surface area (Å²) in [5, 5.41) is 0. The van der Waals surface area contributed by atoms with Crippen LogP contribution in [0.3, 0.4) is 0 Å². The average Bonchev–Trinajstić information content (AvgIpc) is 2.70. The van der Waals surface area contributed by atoms with Gasteiger partial charge < -0.3 is 0 Å². The Morgan fingerprint density at radius 1 is 1.25 bits per heavy atom. The van der Waals surface area contributed by atoms with Crippen LogP contribution in [-0.4, -0.2) is 30.6 Å². The van der Waals surface area contributed by atoms with Gasteiger partial charge in [0.2, 0.25) is 10.0 Å². The summed E-state index contributed by atoms with van der Waals surface area (Å²) < 4.78 is 27.1. The summed E-state index contributed by atoms with van der Waals surface area (Å²) in [6.07, 6.45) is 1.87. The molecule has 1 aliphatic rings. The van der Waals surface area contributed by atoms with Crippen LogP contribution in [0.15, 0.2) is 29.2 Å². The number of sulfonamides is 1. The number of carbonyl (C=O) groups excluding carboxylic acids is 1. The maximum absolute atomic E-state index is 12.8. The summed E-state index contributed by atoms with van der Waals surface area (Å²) in [5.41, 5.74) is 1.03. The molecule has 5 heteroatoms. The molecule has 0 aliphatic carbocycles. The predicted molar refractivity (Wildman–Crippen MR) is 78.0 cm³/mol. The summed E-state index contributed by atoms with van der Waals surface area (Å²) in [5.74, 6) is 0.0354. The van der Waals surface area contributed by atoms with Gasteiger partial charge in [0.1, 0.15) is 5.78 Å². The van der Waals surface area contributed by atoms with Crippen LogP contribution in [0.2, 0.25) is 0 Å². The van der Waals surface area contributed by atoms with Crippen molar-refractivity contribution >= 4 is 15.8 Å². The molecule has 1 aromatic rings. The van der Waals surface area contributed by atoms with Gasteiger partial charge in [0.05, 0.1) is 4.90 Å². The molecule has 0 radical (unpaired) electrons. The highest BCUT2D eigenvalue weighted by Gasteiger charge is 2.40. The third-order valence-electron chi connectivity index (χ3n) is 3.83. The normalized spacial score (nSPS) is 23.9. The largest absolute Gasteiger partial charge is 0.300 e. The first-order chi connectivity index (χ1) is 9.32. The smallest absolute Gasteiger partial charge is 0.243 e. The molecule has 0 bridgehead atoms. The number of aryl methyl sites for hydroxylation is 1. The predicted octanol–water partition coefficient (Wildman–Crippen LogP) is 2.52. The standard InChI is InChI=1S/C15H21NO3S/c1-11-4-8-15(9-5-11)20(18,19)16-12(2)6-7-14(16)10-13(3)17/h4-5,8-9,12,14H,6-7,10H2,1-3H3/t12-,14-/m0/s1. The van der Waals surface area contributed by atoms with Gasteiger partial charge in [-0.3, -0.25) is 4.79 Å². The van der Waals surface area contributed by atoms with E-state index in [2.05, 4.69) is 0 Å². The maximum atomic E-state index is 12.8. The van der Waals surface area contributed by atoms with Gasteiger partial charge in [-0.15, -0.1) is 0 Å². The lowest BCUT2D eigenvalue weighted by atomic mass is 10.1. The lowest BCUT2D eigenvalue weighted by Gasteiger charge is -2.27. The zero-order valence-electron chi connectivity index (χ0n) is 12.2. The molecule has 0 aromatic heterocycles. The van der Waals surface area contributed by atoms with Crippen LogP contribution in [0.5, 0.6) is 0 Å². The van der Waals surface area contributed by atoms with Crippen molar-refractivity contribution in [2.24, 2.45) is 0 Å². The monoisotopic (exact) mass is 295 g/mol. The molecule has 0 saturated carbocycles. The van der Waals surface area contributed by atoms with E-state index in [0.717, 1.165) is 18.4 Å². The van der Waals surface area contributed by atoms with E-state index in [1.54, 1.807) is 24.3 Å². The van der Waals surface area contributed by atoms with Crippen molar-refractivity contribution in [3.8, 4) is 0 Å². The van der Waals surface area contributed by atoms with Crippen LogP contribution in [-0.2, 0) is 14.8 Å². The zero-order valence-corrected chi connectivity index (χ0v) is 13.0. The fourth-order valence-electron chi connectivity index (χ4n) is 2.84. The minimum absolute atomic E-state index is 0.0354. The van der Waals surface area contributed by atoms with Crippen molar-refractivity contribution in [3.05, 3.63) is 29.8 Å². The van der Waals surface area contributed by atoms with E-state index in [0.29, 0.717) is 11.3 Å². The highest BCUT2D eigenvalue weighted by molar-refractivity contribution is 7.89. The number of rotatable bonds is 4. The molecule has 1 heterocycles. The number of hydrogen-bond donors (Lipinski definition) is 0. The van der Waals surface area contributed by atoms with Gasteiger partial charge in [-0.1, -0.05) is 17.7 Å². The molecule has 2 atom stereocenters. The molecule has 4 nitrogen and oxygen atoms in total. The van der Waals surface area contributed by atoms with Crippen molar-refractivity contribution in [3.63, 3.8) is 0 Å². The van der Waals surface area contributed by atoms with Crippen LogP contribution >= 0.6 is 0 Å². The van der Waals surface area contributed by atoms with E-state index in [1.165, 1.54) is 11.2 Å². The van der Waals surface area contributed by atoms with Crippen LogP contribution in [0.25, 0.3) is 0 Å². The molecule has 0 unspecified atom stereocenters. The number of benzene rings is 1. The third kappa shape index (κ3) is 2.94. The summed E-state index contributed by atoms with van der Waals surface area (Å²) in [7, 11) is -3.52. The van der Waals surface area contributed by atoms with Gasteiger partial charge in [-0.25, -0.2) is 8.42 Å². The molecule has 1 aromatic carbocycles. The minimum atomic E-state index is -3.52. The molecule has 0 amide bonds. The second-order valence-electron chi connectivity index (χ2n) is 5.63. The number of nitrogens with zero attached hydrogens (tertiary/aromatic N) is 1. The van der Waals surface area contributed by atoms with Crippen LogP contribution in [0.4, 0.5) is 0 Å². The number of carbonyl (C=O) groups is 1. The summed E-state index contributed by atoms with van der Waals surface area (Å²) in [4.78, 5) is 11.6. The van der Waals surface area contributed by atoms with Gasteiger partial charge in [-0.2, -0.15) is 4.31 Å². The first kappa shape index (κ1) is 15.2. The molecule has 1 fully saturated rings. The Hall–Kier alpha value is -1.20. The molecule has 20 heavy (non-hydrogen) atoms. The molecule has 2 rings (SSSR count). The molecule has 110 valence electrons. The highest BCUT2D eigenvalue weighted by Crippen LogP contribution is 2.32. The van der Waals surface area contributed by atoms with Gasteiger partial charge in [0, 0.05) is 18.5 Å². The Morgan fingerprint density at radius 2 is 1.85 bits per heavy atom. The first-order valence-corrected chi connectivity index (χ1v) is 8.36. The van der Waals surface area contributed by atoms with Crippen molar-refractivity contribution in [2.75, 3.05) is 0 Å². The summed E-state index contributed by atoms with van der Waals surface area (Å²) in [6.45, 7) is 5.35. The SMILES string of the molecule is CC(=O)C[C@@H]1CC[C@H](C)N1S(=O)(=O)c1ccc(C)cc1. The maximum Gasteiger partial charge on any atom is 0.243 e. The lowest BCUT2D eigenvalue weighted by molar-refractivity contribution is -0.117. The Balaban J connectivity index is 2.35. The Kier molecular flexibility index (Phi) is 4.30. The Labute approximate surface area is 120 Å². The number of Topliss-reactive ketones (excluding diaryl/α,β-unsaturated/α-hetero) is 1. The topological polar surface area (TPSA) is 54.5 Å². The molecule has 1 aliphatic heterocycles. The van der Waals surface area contributed by atoms with Gasteiger partial charge in [-0.05, 0) is 45.7 Å². The molecule has 0 N–H and O–H groups in total. The summed E-state index contributed by atoms with van der Waals surface area (Å²) >= 11 is 0. The highest BCUT2D eigenvalue weighted by atomic mass is 32.2. The lowest BCUT2D eigenvalue weighted by Crippen LogP contribution is -2.40. The van der Waals surface area contributed by atoms with Crippen molar-refractivity contribution in [1.29, 1.82) is 0 Å². The van der Waals surface area contributed by atoms with E-state index in [1.807, 2.05) is 13.8 Å². The van der Waals surface area contributed by atoms with Crippen LogP contribution < -0.4 is 0 Å². The van der Waals surface area contributed by atoms with Crippen LogP contribution in [0.1, 0.15) is 38.7 Å². The van der Waals surface area contributed by atoms with E-state index in [4.69, 9.17) is 0 Å². The first-order valence-electron chi connectivity index (χ1n) is 6.92. The fourth-order valence-corrected chi connectivity index (χ4v) is 4.71. The second kappa shape index (κ2) is 5.66. The average molecular weight is 295 g/mol. The van der Waals surface area contributed by atoms with Gasteiger partial charge in [0.25, 0.3) is 0 Å². The van der Waals surface area contributed by atoms with Crippen molar-refractivity contribution < 1.29 is 13.2 Å². The fraction of sp³-hybridized carbons (Fsp3) is 0.533. The molecule has 0 spiro atoms. The third-order valence-corrected chi connectivity index (χ3v) is 5.91. The minimum Gasteiger partial charge on any atom is -0.300 e. The van der Waals surface area contributed by atoms with Crippen molar-refractivity contribution in [1.82, 2.24) is 4.31 Å². The van der Waals surface area contributed by atoms with E-state index >= 15 is 0 Å². The van der Waals surface area contributed by atoms with E-state index in [-0.39, 0.29) is 17.9 Å². The second-order valence-corrected chi connectivity index (χ2v) is 7.48. The zero-order chi connectivity index (χ0) is 14.9. The van der Waals surface area contributed by atoms with Gasteiger partial charge in [0.15, 0.2) is 0 Å². The Morgan fingerprint density at radius 3 is 2.40 bits per heavy atom. The quantitative estimate of drug-likeness (QED) is 0.857. The number of hydrogen-bond acceptors (Lipinski definition) is 3. The molecular weight excluding hydrogens is 274 g/mol. The van der Waals surface area contributed by atoms with E-state index < -0.39 is 10.0 Å². The van der Waals surface area contributed by atoms with E-state index in [9.17, 15) is 13.2 Å². The van der Waals surface area contributed by atoms with Crippen molar-refractivity contribution in [2.45, 2.75) is 57.0 Å².